The summed E-state index contributed by atoms with van der Waals surface area (Å²) in [6.07, 6.45) is -2.34. The van der Waals surface area contributed by atoms with Gasteiger partial charge in [0.1, 0.15) is 5.56 Å². The lowest BCUT2D eigenvalue weighted by atomic mass is 9.92. The topological polar surface area (TPSA) is 43.1 Å². The molecule has 1 aliphatic carbocycles. The van der Waals surface area contributed by atoms with Gasteiger partial charge in [0.2, 0.25) is 0 Å². The largest absolute Gasteiger partial charge is 0.423 e. The molecule has 0 saturated heterocycles. The monoisotopic (exact) mass is 385 g/mol. The average molecular weight is 385 g/mol. The number of nitro benzene ring substituents is 1. The molecule has 0 aliphatic heterocycles. The predicted molar refractivity (Wildman–Crippen MR) is 88.2 cm³/mol. The summed E-state index contributed by atoms with van der Waals surface area (Å²) in [5.74, 6) is -1.74. The highest BCUT2D eigenvalue weighted by Crippen LogP contribution is 2.41. The lowest BCUT2D eigenvalue weighted by molar-refractivity contribution is -0.388. The quantitative estimate of drug-likeness (QED) is 0.367. The average Bonchev–Trinajstić information content (AvgIpc) is 3.05. The van der Waals surface area contributed by atoms with Crippen molar-refractivity contribution in [2.75, 3.05) is 0 Å². The molecule has 2 aromatic rings. The lowest BCUT2D eigenvalue weighted by Crippen LogP contribution is -2.10. The molecule has 144 valence electrons. The van der Waals surface area contributed by atoms with Crippen LogP contribution in [0.3, 0.4) is 0 Å². The SMILES string of the molecule is O=[N+]([O-])c1ccc(CC2CCC(c3ccc(F)c(F)c3)C2)cc1C(F)(F)F. The fraction of sp³-hybridized carbons (Fsp3) is 0.368. The number of alkyl halides is 3. The molecule has 0 aromatic heterocycles. The molecule has 0 bridgehead atoms. The van der Waals surface area contributed by atoms with E-state index in [4.69, 9.17) is 0 Å². The van der Waals surface area contributed by atoms with Crippen LogP contribution in [0.25, 0.3) is 0 Å². The summed E-state index contributed by atoms with van der Waals surface area (Å²) in [5, 5.41) is 10.8. The Bertz CT molecular complexity index is 866. The normalized spacial score (nSPS) is 20.0. The number of hydrogen-bond donors (Lipinski definition) is 0. The van der Waals surface area contributed by atoms with Crippen LogP contribution in [-0.4, -0.2) is 4.92 Å². The Balaban J connectivity index is 1.74. The smallest absolute Gasteiger partial charge is 0.258 e. The summed E-state index contributed by atoms with van der Waals surface area (Å²) >= 11 is 0. The first-order chi connectivity index (χ1) is 12.6. The Morgan fingerprint density at radius 3 is 2.41 bits per heavy atom. The van der Waals surface area contributed by atoms with E-state index in [1.165, 1.54) is 12.1 Å². The second-order valence-electron chi connectivity index (χ2n) is 6.86. The first-order valence-corrected chi connectivity index (χ1v) is 8.44. The number of rotatable bonds is 4. The minimum absolute atomic E-state index is 0.0187. The molecule has 0 amide bonds. The second-order valence-corrected chi connectivity index (χ2v) is 6.86. The van der Waals surface area contributed by atoms with Gasteiger partial charge in [-0.05, 0) is 66.8 Å². The van der Waals surface area contributed by atoms with Crippen molar-refractivity contribution in [2.45, 2.75) is 37.8 Å². The molecule has 0 heterocycles. The Kier molecular flexibility index (Phi) is 5.17. The number of nitro groups is 1. The van der Waals surface area contributed by atoms with E-state index in [-0.39, 0.29) is 11.8 Å². The first kappa shape index (κ1) is 19.3. The molecule has 3 rings (SSSR count). The van der Waals surface area contributed by atoms with E-state index in [0.717, 1.165) is 37.1 Å². The summed E-state index contributed by atoms with van der Waals surface area (Å²) in [4.78, 5) is 9.78. The molecule has 1 fully saturated rings. The van der Waals surface area contributed by atoms with Crippen molar-refractivity contribution in [3.8, 4) is 0 Å². The summed E-state index contributed by atoms with van der Waals surface area (Å²) < 4.78 is 65.7. The molecule has 2 atom stereocenters. The van der Waals surface area contributed by atoms with Crippen molar-refractivity contribution in [1.29, 1.82) is 0 Å². The van der Waals surface area contributed by atoms with Gasteiger partial charge < -0.3 is 0 Å². The summed E-state index contributed by atoms with van der Waals surface area (Å²) in [6.45, 7) is 0. The van der Waals surface area contributed by atoms with Crippen molar-refractivity contribution in [3.05, 3.63) is 74.8 Å². The van der Waals surface area contributed by atoms with Gasteiger partial charge in [-0.1, -0.05) is 12.1 Å². The van der Waals surface area contributed by atoms with Crippen LogP contribution in [-0.2, 0) is 12.6 Å². The Hall–Kier alpha value is -2.51. The third-order valence-electron chi connectivity index (χ3n) is 5.04. The first-order valence-electron chi connectivity index (χ1n) is 8.44. The fourth-order valence-electron chi connectivity index (χ4n) is 3.76. The molecule has 2 aromatic carbocycles. The van der Waals surface area contributed by atoms with Gasteiger partial charge in [-0.25, -0.2) is 8.78 Å². The number of halogens is 5. The summed E-state index contributed by atoms with van der Waals surface area (Å²) in [7, 11) is 0. The number of benzene rings is 2. The zero-order valence-electron chi connectivity index (χ0n) is 14.1. The van der Waals surface area contributed by atoms with Gasteiger partial charge in [-0.3, -0.25) is 10.1 Å². The van der Waals surface area contributed by atoms with Crippen molar-refractivity contribution in [1.82, 2.24) is 0 Å². The summed E-state index contributed by atoms with van der Waals surface area (Å²) in [5.41, 5.74) is -1.16. The van der Waals surface area contributed by atoms with E-state index in [1.807, 2.05) is 0 Å². The second kappa shape index (κ2) is 7.25. The van der Waals surface area contributed by atoms with Gasteiger partial charge in [0.05, 0.1) is 4.92 Å². The molecule has 0 radical (unpaired) electrons. The number of hydrogen-bond acceptors (Lipinski definition) is 2. The van der Waals surface area contributed by atoms with E-state index in [9.17, 15) is 32.1 Å². The van der Waals surface area contributed by atoms with Crippen molar-refractivity contribution in [2.24, 2.45) is 5.92 Å². The lowest BCUT2D eigenvalue weighted by Gasteiger charge is -2.14. The zero-order chi connectivity index (χ0) is 19.8. The fourth-order valence-corrected chi connectivity index (χ4v) is 3.76. The highest BCUT2D eigenvalue weighted by molar-refractivity contribution is 5.45. The third-order valence-corrected chi connectivity index (χ3v) is 5.04. The van der Waals surface area contributed by atoms with Gasteiger partial charge in [-0.15, -0.1) is 0 Å². The molecule has 3 nitrogen and oxygen atoms in total. The van der Waals surface area contributed by atoms with Gasteiger partial charge in [0, 0.05) is 6.07 Å². The van der Waals surface area contributed by atoms with E-state index in [0.29, 0.717) is 24.0 Å². The molecule has 1 aliphatic rings. The Morgan fingerprint density at radius 2 is 1.78 bits per heavy atom. The van der Waals surface area contributed by atoms with Crippen LogP contribution in [0.15, 0.2) is 36.4 Å². The molecule has 2 unspecified atom stereocenters. The van der Waals surface area contributed by atoms with E-state index >= 15 is 0 Å². The van der Waals surface area contributed by atoms with Crippen LogP contribution >= 0.6 is 0 Å². The molecule has 8 heteroatoms. The van der Waals surface area contributed by atoms with Crippen molar-refractivity contribution < 1.29 is 26.9 Å². The summed E-state index contributed by atoms with van der Waals surface area (Å²) in [6, 6.07) is 6.83. The molecule has 1 saturated carbocycles. The zero-order valence-corrected chi connectivity index (χ0v) is 14.1. The number of nitrogens with zero attached hydrogens (tertiary/aromatic N) is 1. The van der Waals surface area contributed by atoms with Crippen molar-refractivity contribution in [3.63, 3.8) is 0 Å². The third kappa shape index (κ3) is 4.26. The van der Waals surface area contributed by atoms with Crippen LogP contribution in [0, 0.1) is 27.7 Å². The van der Waals surface area contributed by atoms with Gasteiger partial charge >= 0.3 is 6.18 Å². The minimum Gasteiger partial charge on any atom is -0.258 e. The Morgan fingerprint density at radius 1 is 1.04 bits per heavy atom. The maximum Gasteiger partial charge on any atom is 0.423 e. The van der Waals surface area contributed by atoms with Crippen LogP contribution in [0.1, 0.15) is 41.9 Å². The van der Waals surface area contributed by atoms with Crippen LogP contribution in [0.2, 0.25) is 0 Å². The maximum absolute atomic E-state index is 13.4. The van der Waals surface area contributed by atoms with Crippen molar-refractivity contribution >= 4 is 5.69 Å². The van der Waals surface area contributed by atoms with E-state index < -0.39 is 34.0 Å². The van der Waals surface area contributed by atoms with Gasteiger partial charge in [0.25, 0.3) is 5.69 Å². The standard InChI is InChI=1S/C19H16F5NO2/c20-16-5-4-14(10-17(16)21)13-3-1-11(8-13)7-12-2-6-18(25(26)27)15(9-12)19(22,23)24/h2,4-6,9-11,13H,1,3,7-8H2. The van der Waals surface area contributed by atoms with E-state index in [2.05, 4.69) is 0 Å². The molecular formula is C19H16F5NO2. The molecule has 0 N–H and O–H groups in total. The van der Waals surface area contributed by atoms with E-state index in [1.54, 1.807) is 0 Å². The van der Waals surface area contributed by atoms with Crippen LogP contribution < -0.4 is 0 Å². The molecule has 0 spiro atoms. The predicted octanol–water partition coefficient (Wildman–Crippen LogP) is 6.02. The van der Waals surface area contributed by atoms with Gasteiger partial charge in [0.15, 0.2) is 11.6 Å². The maximum atomic E-state index is 13.4. The minimum atomic E-state index is -4.80. The highest BCUT2D eigenvalue weighted by Gasteiger charge is 2.38. The Labute approximate surface area is 152 Å². The highest BCUT2D eigenvalue weighted by atomic mass is 19.4. The molecule has 27 heavy (non-hydrogen) atoms. The molecular weight excluding hydrogens is 369 g/mol. The van der Waals surface area contributed by atoms with Gasteiger partial charge in [-0.2, -0.15) is 13.2 Å². The van der Waals surface area contributed by atoms with Crippen LogP contribution in [0.5, 0.6) is 0 Å². The van der Waals surface area contributed by atoms with Crippen LogP contribution in [0.4, 0.5) is 27.6 Å².